The molecule has 0 saturated heterocycles. The second-order valence-electron chi connectivity index (χ2n) is 3.99. The quantitative estimate of drug-likeness (QED) is 0.726. The average Bonchev–Trinajstić information content (AvgIpc) is 2.69. The van der Waals surface area contributed by atoms with E-state index in [-0.39, 0.29) is 15.6 Å². The van der Waals surface area contributed by atoms with E-state index in [0.717, 1.165) is 5.56 Å². The molecule has 0 unspecified atom stereocenters. The molecule has 0 aliphatic rings. The molecule has 0 fully saturated rings. The smallest absolute Gasteiger partial charge is 0.305 e. The Balaban J connectivity index is 2.16. The van der Waals surface area contributed by atoms with Gasteiger partial charge in [-0.15, -0.1) is 0 Å². The number of nitrogens with two attached hydrogens (primary N) is 1. The molecule has 0 spiro atoms. The number of nitrogens with one attached hydrogen (secondary N) is 2. The molecule has 0 radical (unpaired) electrons. The third-order valence-corrected chi connectivity index (χ3v) is 5.48. The van der Waals surface area contributed by atoms with Gasteiger partial charge in [0.15, 0.2) is 4.21 Å². The van der Waals surface area contributed by atoms with Gasteiger partial charge in [0.05, 0.1) is 0 Å². The summed E-state index contributed by atoms with van der Waals surface area (Å²) in [6.07, 6.45) is 0. The van der Waals surface area contributed by atoms with Gasteiger partial charge >= 0.3 is 4.87 Å². The molecular formula is C11H13N3O3S2. The second-order valence-corrected chi connectivity index (χ2v) is 6.94. The number of hydrogen-bond donors (Lipinski definition) is 3. The standard InChI is InChI=1S/C11H13N3O3S2/c1-7-10(18-11(15)14-7)19(16,17)13-6-8-2-4-9(12)5-3-8/h2-5,13H,6,12H2,1H3,(H,14,15). The summed E-state index contributed by atoms with van der Waals surface area (Å²) in [5.41, 5.74) is 7.30. The molecule has 2 aromatic rings. The van der Waals surface area contributed by atoms with Crippen molar-refractivity contribution in [2.75, 3.05) is 5.73 Å². The summed E-state index contributed by atoms with van der Waals surface area (Å²) in [6.45, 7) is 1.70. The van der Waals surface area contributed by atoms with Gasteiger partial charge in [0.25, 0.3) is 10.0 Å². The van der Waals surface area contributed by atoms with Gasteiger partial charge in [0.1, 0.15) is 0 Å². The summed E-state index contributed by atoms with van der Waals surface area (Å²) >= 11 is 0.677. The molecule has 2 rings (SSSR count). The predicted octanol–water partition coefficient (Wildman–Crippen LogP) is 0.806. The van der Waals surface area contributed by atoms with Gasteiger partial charge in [-0.25, -0.2) is 13.1 Å². The number of thiazole rings is 1. The van der Waals surface area contributed by atoms with Crippen molar-refractivity contribution in [1.29, 1.82) is 0 Å². The second kappa shape index (κ2) is 5.16. The van der Waals surface area contributed by atoms with Gasteiger partial charge in [-0.3, -0.25) is 4.79 Å². The van der Waals surface area contributed by atoms with Crippen LogP contribution in [0, 0.1) is 6.92 Å². The van der Waals surface area contributed by atoms with Crippen LogP contribution in [0.5, 0.6) is 0 Å². The molecule has 1 heterocycles. The number of H-pyrrole nitrogens is 1. The maximum absolute atomic E-state index is 12.0. The third kappa shape index (κ3) is 3.22. The molecule has 0 amide bonds. The van der Waals surface area contributed by atoms with E-state index in [1.165, 1.54) is 0 Å². The van der Waals surface area contributed by atoms with Gasteiger partial charge in [-0.1, -0.05) is 23.5 Å². The van der Waals surface area contributed by atoms with E-state index in [0.29, 0.717) is 22.7 Å². The zero-order valence-corrected chi connectivity index (χ0v) is 11.8. The normalized spacial score (nSPS) is 11.6. The summed E-state index contributed by atoms with van der Waals surface area (Å²) in [5.74, 6) is 0. The summed E-state index contributed by atoms with van der Waals surface area (Å²) in [6, 6.07) is 6.88. The molecule has 0 aliphatic heterocycles. The highest BCUT2D eigenvalue weighted by Crippen LogP contribution is 2.16. The minimum Gasteiger partial charge on any atom is -0.399 e. The van der Waals surface area contributed by atoms with Gasteiger partial charge < -0.3 is 10.7 Å². The number of anilines is 1. The Hall–Kier alpha value is -1.64. The lowest BCUT2D eigenvalue weighted by molar-refractivity contribution is 0.582. The van der Waals surface area contributed by atoms with E-state index < -0.39 is 10.0 Å². The average molecular weight is 299 g/mol. The highest BCUT2D eigenvalue weighted by molar-refractivity contribution is 7.91. The van der Waals surface area contributed by atoms with Gasteiger partial charge in [-0.05, 0) is 24.6 Å². The number of sulfonamides is 1. The van der Waals surface area contributed by atoms with Crippen molar-refractivity contribution in [2.45, 2.75) is 17.7 Å². The fourth-order valence-corrected chi connectivity index (χ4v) is 3.89. The van der Waals surface area contributed by atoms with E-state index in [9.17, 15) is 13.2 Å². The van der Waals surface area contributed by atoms with E-state index in [1.807, 2.05) is 0 Å². The van der Waals surface area contributed by atoms with Crippen LogP contribution in [0.2, 0.25) is 0 Å². The molecule has 1 aromatic heterocycles. The summed E-state index contributed by atoms with van der Waals surface area (Å²) in [4.78, 5) is 13.2. The number of nitrogen functional groups attached to an aromatic ring is 1. The van der Waals surface area contributed by atoms with Crippen LogP contribution in [0.4, 0.5) is 5.69 Å². The number of rotatable bonds is 4. The number of aromatic nitrogens is 1. The minimum atomic E-state index is -3.67. The van der Waals surface area contributed by atoms with Crippen molar-refractivity contribution in [3.63, 3.8) is 0 Å². The lowest BCUT2D eigenvalue weighted by atomic mass is 10.2. The van der Waals surface area contributed by atoms with E-state index in [4.69, 9.17) is 5.73 Å². The largest absolute Gasteiger partial charge is 0.399 e. The molecule has 8 heteroatoms. The lowest BCUT2D eigenvalue weighted by Gasteiger charge is -2.05. The van der Waals surface area contributed by atoms with Crippen LogP contribution >= 0.6 is 11.3 Å². The fourth-order valence-electron chi connectivity index (χ4n) is 1.53. The Bertz CT molecular complexity index is 729. The molecule has 4 N–H and O–H groups in total. The summed E-state index contributed by atoms with van der Waals surface area (Å²) < 4.78 is 26.5. The molecule has 19 heavy (non-hydrogen) atoms. The van der Waals surface area contributed by atoms with Crippen molar-refractivity contribution in [3.05, 3.63) is 45.2 Å². The SMILES string of the molecule is Cc1[nH]c(=O)sc1S(=O)(=O)NCc1ccc(N)cc1. The van der Waals surface area contributed by atoms with E-state index in [1.54, 1.807) is 31.2 Å². The monoisotopic (exact) mass is 299 g/mol. The molecule has 1 aromatic carbocycles. The molecule has 102 valence electrons. The molecule has 0 bridgehead atoms. The Labute approximate surface area is 114 Å². The van der Waals surface area contributed by atoms with Crippen LogP contribution in [-0.2, 0) is 16.6 Å². The van der Waals surface area contributed by atoms with Crippen molar-refractivity contribution < 1.29 is 8.42 Å². The Kier molecular flexibility index (Phi) is 3.74. The predicted molar refractivity (Wildman–Crippen MR) is 74.6 cm³/mol. The summed E-state index contributed by atoms with van der Waals surface area (Å²) in [5, 5.41) is 0. The highest BCUT2D eigenvalue weighted by atomic mass is 32.2. The fraction of sp³-hybridized carbons (Fsp3) is 0.182. The van der Waals surface area contributed by atoms with E-state index >= 15 is 0 Å². The summed E-state index contributed by atoms with van der Waals surface area (Å²) in [7, 11) is -3.67. The molecular weight excluding hydrogens is 286 g/mol. The zero-order valence-electron chi connectivity index (χ0n) is 10.1. The van der Waals surface area contributed by atoms with Crippen molar-refractivity contribution >= 4 is 27.0 Å². The van der Waals surface area contributed by atoms with Crippen LogP contribution in [0.25, 0.3) is 0 Å². The van der Waals surface area contributed by atoms with Crippen LogP contribution < -0.4 is 15.3 Å². The van der Waals surface area contributed by atoms with Crippen LogP contribution in [0.3, 0.4) is 0 Å². The van der Waals surface area contributed by atoms with Gasteiger partial charge in [0, 0.05) is 17.9 Å². The first-order valence-electron chi connectivity index (χ1n) is 5.42. The van der Waals surface area contributed by atoms with Crippen molar-refractivity contribution in [3.8, 4) is 0 Å². The van der Waals surface area contributed by atoms with Crippen LogP contribution in [0.15, 0.2) is 33.3 Å². The number of aromatic amines is 1. The Morgan fingerprint density at radius 1 is 1.32 bits per heavy atom. The molecule has 0 aliphatic carbocycles. The van der Waals surface area contributed by atoms with Crippen LogP contribution in [-0.4, -0.2) is 13.4 Å². The highest BCUT2D eigenvalue weighted by Gasteiger charge is 2.19. The van der Waals surface area contributed by atoms with Gasteiger partial charge in [-0.2, -0.15) is 0 Å². The molecule has 0 atom stereocenters. The number of benzene rings is 1. The van der Waals surface area contributed by atoms with Crippen molar-refractivity contribution in [1.82, 2.24) is 9.71 Å². The zero-order chi connectivity index (χ0) is 14.0. The van der Waals surface area contributed by atoms with Crippen molar-refractivity contribution in [2.24, 2.45) is 0 Å². The number of aryl methyl sites for hydroxylation is 1. The Morgan fingerprint density at radius 3 is 2.47 bits per heavy atom. The maximum atomic E-state index is 12.0. The first-order valence-corrected chi connectivity index (χ1v) is 7.72. The first kappa shape index (κ1) is 13.8. The molecule has 0 saturated carbocycles. The molecule has 6 nitrogen and oxygen atoms in total. The van der Waals surface area contributed by atoms with Gasteiger partial charge in [0.2, 0.25) is 0 Å². The third-order valence-electron chi connectivity index (χ3n) is 2.47. The number of hydrogen-bond acceptors (Lipinski definition) is 5. The maximum Gasteiger partial charge on any atom is 0.305 e. The topological polar surface area (TPSA) is 105 Å². The van der Waals surface area contributed by atoms with Crippen LogP contribution in [0.1, 0.15) is 11.3 Å². The Morgan fingerprint density at radius 2 is 1.95 bits per heavy atom. The lowest BCUT2D eigenvalue weighted by Crippen LogP contribution is -2.23. The minimum absolute atomic E-state index is 0.0212. The van der Waals surface area contributed by atoms with E-state index in [2.05, 4.69) is 9.71 Å². The first-order chi connectivity index (χ1) is 8.88.